The van der Waals surface area contributed by atoms with Gasteiger partial charge in [-0.3, -0.25) is 0 Å². The number of thiocarbonyl (C=S) groups is 1. The Kier molecular flexibility index (Phi) is 17.1. The van der Waals surface area contributed by atoms with Gasteiger partial charge in [-0.1, -0.05) is 93.6 Å². The summed E-state index contributed by atoms with van der Waals surface area (Å²) in [5, 5.41) is 3.09. The highest BCUT2D eigenvalue weighted by Crippen LogP contribution is 2.20. The molecule has 0 aliphatic heterocycles. The molecule has 2 heteroatoms. The number of allylic oxidation sites excluding steroid dienone is 5. The van der Waals surface area contributed by atoms with Gasteiger partial charge in [0.1, 0.15) is 0 Å². The lowest BCUT2D eigenvalue weighted by Gasteiger charge is -2.07. The van der Waals surface area contributed by atoms with Crippen molar-refractivity contribution in [2.24, 2.45) is 0 Å². The maximum Gasteiger partial charge on any atom is 0.0659 e. The zero-order valence-electron chi connectivity index (χ0n) is 15.8. The van der Waals surface area contributed by atoms with Crippen LogP contribution in [0, 0.1) is 0 Å². The topological polar surface area (TPSA) is 12.0 Å². The molecule has 23 heavy (non-hydrogen) atoms. The molecule has 1 nitrogen and oxygen atoms in total. The van der Waals surface area contributed by atoms with Gasteiger partial charge in [-0.25, -0.2) is 0 Å². The first-order chi connectivity index (χ1) is 11.2. The average Bonchev–Trinajstić information content (AvgIpc) is 2.58. The van der Waals surface area contributed by atoms with Crippen LogP contribution in [0.3, 0.4) is 0 Å². The number of hydrogen-bond acceptors (Lipinski definition) is 1. The molecule has 0 heterocycles. The van der Waals surface area contributed by atoms with E-state index in [0.717, 1.165) is 12.1 Å². The van der Waals surface area contributed by atoms with Crippen molar-refractivity contribution in [3.05, 3.63) is 59.2 Å². The molecule has 0 aliphatic carbocycles. The highest BCUT2D eigenvalue weighted by atomic mass is 32.1. The lowest BCUT2D eigenvalue weighted by molar-refractivity contribution is 1.12. The summed E-state index contributed by atoms with van der Waals surface area (Å²) in [5.41, 5.74) is 6.44. The maximum atomic E-state index is 4.85. The molecule has 0 bridgehead atoms. The molecule has 0 spiro atoms. The van der Waals surface area contributed by atoms with Crippen LogP contribution in [0.4, 0.5) is 5.69 Å². The van der Waals surface area contributed by atoms with Crippen LogP contribution < -0.4 is 5.32 Å². The number of rotatable bonds is 6. The predicted octanol–water partition coefficient (Wildman–Crippen LogP) is 7.42. The van der Waals surface area contributed by atoms with Gasteiger partial charge in [-0.15, -0.1) is 0 Å². The molecule has 0 unspecified atom stereocenters. The van der Waals surface area contributed by atoms with Crippen molar-refractivity contribution in [1.29, 1.82) is 0 Å². The molecule has 1 N–H and O–H groups in total. The summed E-state index contributed by atoms with van der Waals surface area (Å²) in [7, 11) is 0. The molecule has 0 fully saturated rings. The summed E-state index contributed by atoms with van der Waals surface area (Å²) in [6.45, 7) is 14.3. The van der Waals surface area contributed by atoms with Crippen molar-refractivity contribution >= 4 is 29.5 Å². The van der Waals surface area contributed by atoms with Gasteiger partial charge in [0.25, 0.3) is 0 Å². The number of anilines is 1. The van der Waals surface area contributed by atoms with E-state index in [9.17, 15) is 0 Å². The summed E-state index contributed by atoms with van der Waals surface area (Å²) < 4.78 is 0. The third-order valence-corrected chi connectivity index (χ3v) is 2.83. The Morgan fingerprint density at radius 3 is 2.22 bits per heavy atom. The summed E-state index contributed by atoms with van der Waals surface area (Å²) in [4.78, 5) is 0. The van der Waals surface area contributed by atoms with Crippen LogP contribution in [-0.4, -0.2) is 5.49 Å². The number of hydrogen-bond donors (Lipinski definition) is 1. The van der Waals surface area contributed by atoms with E-state index in [2.05, 4.69) is 43.5 Å². The van der Waals surface area contributed by atoms with E-state index in [4.69, 9.17) is 12.2 Å². The average molecular weight is 332 g/mol. The Balaban J connectivity index is 0. The maximum absolute atomic E-state index is 4.85. The SMILES string of the molecule is C/C=C\C=C(/C)C/C(C)=C/c1ccccc1NC=S.CC.CC. The first-order valence-electron chi connectivity index (χ1n) is 8.42. The summed E-state index contributed by atoms with van der Waals surface area (Å²) in [6, 6.07) is 8.17. The van der Waals surface area contributed by atoms with E-state index in [1.54, 1.807) is 5.49 Å². The molecule has 0 aromatic heterocycles. The van der Waals surface area contributed by atoms with Gasteiger partial charge in [-0.2, -0.15) is 0 Å². The molecule has 0 saturated carbocycles. The molecular formula is C21H33NS. The lowest BCUT2D eigenvalue weighted by Crippen LogP contribution is -1.94. The van der Waals surface area contributed by atoms with Crippen LogP contribution in [0.25, 0.3) is 6.08 Å². The number of para-hydroxylation sites is 1. The minimum atomic E-state index is 0.982. The second kappa shape index (κ2) is 16.7. The fourth-order valence-electron chi connectivity index (χ4n) is 1.89. The third-order valence-electron chi connectivity index (χ3n) is 2.71. The smallest absolute Gasteiger partial charge is 0.0659 e. The zero-order chi connectivity index (χ0) is 18.1. The van der Waals surface area contributed by atoms with Crippen LogP contribution in [0.2, 0.25) is 0 Å². The van der Waals surface area contributed by atoms with Gasteiger partial charge >= 0.3 is 0 Å². The van der Waals surface area contributed by atoms with Crippen molar-refractivity contribution < 1.29 is 0 Å². The molecule has 1 aromatic rings. The minimum absolute atomic E-state index is 0.982. The summed E-state index contributed by atoms with van der Waals surface area (Å²) in [5.74, 6) is 0. The molecule has 0 radical (unpaired) electrons. The Hall–Kier alpha value is -1.67. The molecule has 0 saturated heterocycles. The highest BCUT2D eigenvalue weighted by molar-refractivity contribution is 7.79. The molecule has 1 aromatic carbocycles. The molecule has 0 amide bonds. The third kappa shape index (κ3) is 11.5. The fraction of sp³-hybridized carbons (Fsp3) is 0.381. The highest BCUT2D eigenvalue weighted by Gasteiger charge is 1.98. The largest absolute Gasteiger partial charge is 0.352 e. The Labute approximate surface area is 149 Å². The molecule has 0 aliphatic rings. The molecule has 128 valence electrons. The van der Waals surface area contributed by atoms with Crippen molar-refractivity contribution in [2.45, 2.75) is 54.9 Å². The summed E-state index contributed by atoms with van der Waals surface area (Å²) in [6.07, 6.45) is 9.45. The first-order valence-corrected chi connectivity index (χ1v) is 8.89. The standard InChI is InChI=1S/C17H21NS.2C2H6/c1-4-5-8-14(2)11-15(3)12-16-9-6-7-10-17(16)18-13-19;2*1-2/h4-10,12-13H,11H2,1-3H3,(H,18,19);2*1-2H3/b5-4-,14-8+,15-12+;;. The van der Waals surface area contributed by atoms with Gasteiger partial charge in [0.05, 0.1) is 5.49 Å². The van der Waals surface area contributed by atoms with Gasteiger partial charge in [0.2, 0.25) is 0 Å². The van der Waals surface area contributed by atoms with E-state index in [-0.39, 0.29) is 0 Å². The van der Waals surface area contributed by atoms with Crippen LogP contribution in [0.1, 0.15) is 60.5 Å². The first kappa shape index (κ1) is 23.6. The van der Waals surface area contributed by atoms with Crippen LogP contribution >= 0.6 is 12.2 Å². The van der Waals surface area contributed by atoms with Crippen molar-refractivity contribution in [3.63, 3.8) is 0 Å². The van der Waals surface area contributed by atoms with E-state index in [1.165, 1.54) is 16.7 Å². The predicted molar refractivity (Wildman–Crippen MR) is 113 cm³/mol. The number of benzene rings is 1. The van der Waals surface area contributed by atoms with Gasteiger partial charge < -0.3 is 5.32 Å². The van der Waals surface area contributed by atoms with Gasteiger partial charge in [0.15, 0.2) is 0 Å². The quantitative estimate of drug-likeness (QED) is 0.430. The monoisotopic (exact) mass is 331 g/mol. The van der Waals surface area contributed by atoms with E-state index in [0.29, 0.717) is 0 Å². The minimum Gasteiger partial charge on any atom is -0.352 e. The Morgan fingerprint density at radius 2 is 1.65 bits per heavy atom. The molecule has 0 atom stereocenters. The zero-order valence-corrected chi connectivity index (χ0v) is 16.6. The van der Waals surface area contributed by atoms with Crippen molar-refractivity contribution in [2.75, 3.05) is 5.32 Å². The normalized spacial score (nSPS) is 11.1. The Bertz CT molecular complexity index is 510. The van der Waals surface area contributed by atoms with Crippen LogP contribution in [0.15, 0.2) is 53.6 Å². The van der Waals surface area contributed by atoms with E-state index < -0.39 is 0 Å². The van der Waals surface area contributed by atoms with Crippen LogP contribution in [0.5, 0.6) is 0 Å². The second-order valence-electron chi connectivity index (χ2n) is 4.56. The summed E-state index contributed by atoms with van der Waals surface area (Å²) >= 11 is 4.85. The van der Waals surface area contributed by atoms with E-state index >= 15 is 0 Å². The van der Waals surface area contributed by atoms with E-state index in [1.807, 2.05) is 58.9 Å². The molecular weight excluding hydrogens is 298 g/mol. The Morgan fingerprint density at radius 1 is 1.04 bits per heavy atom. The second-order valence-corrected chi connectivity index (χ2v) is 4.79. The van der Waals surface area contributed by atoms with Gasteiger partial charge in [0, 0.05) is 5.69 Å². The van der Waals surface area contributed by atoms with Gasteiger partial charge in [-0.05, 0) is 38.8 Å². The lowest BCUT2D eigenvalue weighted by atomic mass is 10.0. The fourth-order valence-corrected chi connectivity index (χ4v) is 2.02. The van der Waals surface area contributed by atoms with Crippen molar-refractivity contribution in [3.8, 4) is 0 Å². The van der Waals surface area contributed by atoms with Crippen molar-refractivity contribution in [1.82, 2.24) is 0 Å². The number of nitrogens with one attached hydrogen (secondary N) is 1. The molecule has 1 rings (SSSR count). The van der Waals surface area contributed by atoms with Crippen LogP contribution in [-0.2, 0) is 0 Å².